The van der Waals surface area contributed by atoms with Crippen LogP contribution in [-0.2, 0) is 17.6 Å². The number of carbonyl (C=O) groups is 1. The number of amides is 1. The molecular weight excluding hydrogens is 274 g/mol. The standard InChI is InChI=1S/C19H19NO2/c1-14(19(21)20-17-8-3-2-4-9-17)13-22-18-11-10-15-6-5-7-16(15)12-18/h2-4,8-13H,5-7H2,1H3,(H,20,21)/b14-13+. The maximum atomic E-state index is 12.1. The third-order valence-corrected chi connectivity index (χ3v) is 3.83. The average molecular weight is 293 g/mol. The second-order valence-corrected chi connectivity index (χ2v) is 5.52. The minimum atomic E-state index is -0.160. The van der Waals surface area contributed by atoms with Crippen LogP contribution in [0.5, 0.6) is 5.75 Å². The number of benzene rings is 2. The van der Waals surface area contributed by atoms with Crippen LogP contribution in [0, 0.1) is 0 Å². The smallest absolute Gasteiger partial charge is 0.254 e. The van der Waals surface area contributed by atoms with Gasteiger partial charge in [0, 0.05) is 11.3 Å². The summed E-state index contributed by atoms with van der Waals surface area (Å²) >= 11 is 0. The van der Waals surface area contributed by atoms with Crippen molar-refractivity contribution in [3.63, 3.8) is 0 Å². The van der Waals surface area contributed by atoms with Crippen molar-refractivity contribution in [2.45, 2.75) is 26.2 Å². The number of carbonyl (C=O) groups excluding carboxylic acids is 1. The number of nitrogens with one attached hydrogen (secondary N) is 1. The molecule has 0 aromatic heterocycles. The van der Waals surface area contributed by atoms with Gasteiger partial charge in [0.25, 0.3) is 5.91 Å². The van der Waals surface area contributed by atoms with Gasteiger partial charge in [0.2, 0.25) is 0 Å². The number of hydrogen-bond donors (Lipinski definition) is 1. The summed E-state index contributed by atoms with van der Waals surface area (Å²) in [6.45, 7) is 1.74. The van der Waals surface area contributed by atoms with E-state index in [4.69, 9.17) is 4.74 Å². The van der Waals surface area contributed by atoms with Crippen LogP contribution >= 0.6 is 0 Å². The molecule has 3 rings (SSSR count). The van der Waals surface area contributed by atoms with Crippen molar-refractivity contribution < 1.29 is 9.53 Å². The second kappa shape index (κ2) is 6.48. The molecule has 0 saturated carbocycles. The van der Waals surface area contributed by atoms with Gasteiger partial charge in [-0.25, -0.2) is 0 Å². The molecule has 0 atom stereocenters. The van der Waals surface area contributed by atoms with E-state index in [1.54, 1.807) is 6.92 Å². The molecule has 0 heterocycles. The van der Waals surface area contributed by atoms with Gasteiger partial charge in [0.15, 0.2) is 0 Å². The lowest BCUT2D eigenvalue weighted by Crippen LogP contribution is -2.13. The SMILES string of the molecule is C/C(=C\Oc1ccc2c(c1)CCC2)C(=O)Nc1ccccc1. The van der Waals surface area contributed by atoms with Crippen LogP contribution < -0.4 is 10.1 Å². The van der Waals surface area contributed by atoms with Crippen LogP contribution in [0.1, 0.15) is 24.5 Å². The van der Waals surface area contributed by atoms with E-state index in [0.717, 1.165) is 24.3 Å². The molecule has 0 saturated heterocycles. The Balaban J connectivity index is 1.63. The minimum absolute atomic E-state index is 0.160. The molecule has 1 aliphatic carbocycles. The molecule has 22 heavy (non-hydrogen) atoms. The van der Waals surface area contributed by atoms with Gasteiger partial charge in [0.05, 0.1) is 6.26 Å². The van der Waals surface area contributed by atoms with E-state index in [9.17, 15) is 4.79 Å². The van der Waals surface area contributed by atoms with E-state index in [1.165, 1.54) is 23.8 Å². The molecular formula is C19H19NO2. The Morgan fingerprint density at radius 1 is 1.09 bits per heavy atom. The van der Waals surface area contributed by atoms with Gasteiger partial charge < -0.3 is 10.1 Å². The number of anilines is 1. The van der Waals surface area contributed by atoms with Gasteiger partial charge >= 0.3 is 0 Å². The lowest BCUT2D eigenvalue weighted by Gasteiger charge is -2.07. The first kappa shape index (κ1) is 14.4. The van der Waals surface area contributed by atoms with E-state index in [2.05, 4.69) is 17.4 Å². The van der Waals surface area contributed by atoms with E-state index in [1.807, 2.05) is 36.4 Å². The van der Waals surface area contributed by atoms with Crippen molar-refractivity contribution in [2.75, 3.05) is 5.32 Å². The summed E-state index contributed by atoms with van der Waals surface area (Å²) in [4.78, 5) is 12.1. The van der Waals surface area contributed by atoms with E-state index in [-0.39, 0.29) is 5.91 Å². The lowest BCUT2D eigenvalue weighted by atomic mass is 10.1. The first-order valence-corrected chi connectivity index (χ1v) is 7.54. The normalized spacial score (nSPS) is 13.6. The van der Waals surface area contributed by atoms with Crippen LogP contribution in [0.25, 0.3) is 0 Å². The Bertz CT molecular complexity index is 705. The molecule has 0 unspecified atom stereocenters. The zero-order valence-corrected chi connectivity index (χ0v) is 12.6. The number of ether oxygens (including phenoxy) is 1. The number of hydrogen-bond acceptors (Lipinski definition) is 2. The quantitative estimate of drug-likeness (QED) is 0.681. The third-order valence-electron chi connectivity index (χ3n) is 3.83. The van der Waals surface area contributed by atoms with Gasteiger partial charge in [-0.2, -0.15) is 0 Å². The van der Waals surface area contributed by atoms with Crippen molar-refractivity contribution in [1.82, 2.24) is 0 Å². The maximum absolute atomic E-state index is 12.1. The first-order chi connectivity index (χ1) is 10.7. The van der Waals surface area contributed by atoms with Crippen molar-refractivity contribution in [3.05, 3.63) is 71.5 Å². The molecule has 0 spiro atoms. The topological polar surface area (TPSA) is 38.3 Å². The zero-order valence-electron chi connectivity index (χ0n) is 12.6. The van der Waals surface area contributed by atoms with Crippen LogP contribution in [0.3, 0.4) is 0 Å². The van der Waals surface area contributed by atoms with Crippen LogP contribution in [0.15, 0.2) is 60.4 Å². The second-order valence-electron chi connectivity index (χ2n) is 5.52. The Hall–Kier alpha value is -2.55. The fraction of sp³-hybridized carbons (Fsp3) is 0.211. The summed E-state index contributed by atoms with van der Waals surface area (Å²) < 4.78 is 5.63. The number of para-hydroxylation sites is 1. The minimum Gasteiger partial charge on any atom is -0.465 e. The fourth-order valence-corrected chi connectivity index (χ4v) is 2.58. The van der Waals surface area contributed by atoms with Crippen molar-refractivity contribution in [3.8, 4) is 5.75 Å². The molecule has 2 aromatic carbocycles. The number of aryl methyl sites for hydroxylation is 2. The molecule has 1 amide bonds. The number of fused-ring (bicyclic) bond motifs is 1. The van der Waals surface area contributed by atoms with Gasteiger partial charge in [-0.3, -0.25) is 4.79 Å². The van der Waals surface area contributed by atoms with Crippen molar-refractivity contribution >= 4 is 11.6 Å². The van der Waals surface area contributed by atoms with Crippen molar-refractivity contribution in [2.24, 2.45) is 0 Å². The Morgan fingerprint density at radius 3 is 2.68 bits per heavy atom. The molecule has 0 fully saturated rings. The van der Waals surface area contributed by atoms with E-state index >= 15 is 0 Å². The summed E-state index contributed by atoms with van der Waals surface area (Å²) in [6.07, 6.45) is 5.00. The summed E-state index contributed by atoms with van der Waals surface area (Å²) in [5.41, 5.74) is 4.08. The Labute approximate surface area is 130 Å². The predicted molar refractivity (Wildman–Crippen MR) is 87.9 cm³/mol. The van der Waals surface area contributed by atoms with E-state index in [0.29, 0.717) is 5.57 Å². The molecule has 1 aliphatic rings. The summed E-state index contributed by atoms with van der Waals surface area (Å²) in [5, 5.41) is 2.83. The van der Waals surface area contributed by atoms with Gasteiger partial charge in [-0.05, 0) is 61.6 Å². The summed E-state index contributed by atoms with van der Waals surface area (Å²) in [5.74, 6) is 0.625. The molecule has 2 aromatic rings. The Kier molecular flexibility index (Phi) is 4.24. The molecule has 3 nitrogen and oxygen atoms in total. The van der Waals surface area contributed by atoms with Crippen molar-refractivity contribution in [1.29, 1.82) is 0 Å². The largest absolute Gasteiger partial charge is 0.465 e. The Morgan fingerprint density at radius 2 is 1.86 bits per heavy atom. The average Bonchev–Trinajstić information content (AvgIpc) is 3.01. The zero-order chi connectivity index (χ0) is 15.4. The summed E-state index contributed by atoms with van der Waals surface area (Å²) in [6, 6.07) is 15.5. The van der Waals surface area contributed by atoms with E-state index < -0.39 is 0 Å². The molecule has 0 aliphatic heterocycles. The van der Waals surface area contributed by atoms with Crippen LogP contribution in [0.4, 0.5) is 5.69 Å². The number of rotatable bonds is 4. The highest BCUT2D eigenvalue weighted by Crippen LogP contribution is 2.26. The van der Waals surface area contributed by atoms with Crippen LogP contribution in [-0.4, -0.2) is 5.91 Å². The van der Waals surface area contributed by atoms with Crippen LogP contribution in [0.2, 0.25) is 0 Å². The summed E-state index contributed by atoms with van der Waals surface area (Å²) in [7, 11) is 0. The molecule has 1 N–H and O–H groups in total. The van der Waals surface area contributed by atoms with Gasteiger partial charge in [-0.15, -0.1) is 0 Å². The maximum Gasteiger partial charge on any atom is 0.254 e. The third kappa shape index (κ3) is 3.37. The molecule has 0 radical (unpaired) electrons. The van der Waals surface area contributed by atoms with Gasteiger partial charge in [0.1, 0.15) is 5.75 Å². The highest BCUT2D eigenvalue weighted by Gasteiger charge is 2.11. The monoisotopic (exact) mass is 293 g/mol. The lowest BCUT2D eigenvalue weighted by molar-refractivity contribution is -0.112. The first-order valence-electron chi connectivity index (χ1n) is 7.54. The highest BCUT2D eigenvalue weighted by molar-refractivity contribution is 6.03. The molecule has 3 heteroatoms. The molecule has 112 valence electrons. The molecule has 0 bridgehead atoms. The van der Waals surface area contributed by atoms with Gasteiger partial charge in [-0.1, -0.05) is 24.3 Å². The predicted octanol–water partition coefficient (Wildman–Crippen LogP) is 4.10. The fourth-order valence-electron chi connectivity index (χ4n) is 2.58. The highest BCUT2D eigenvalue weighted by atomic mass is 16.5.